The Labute approximate surface area is 176 Å². The van der Waals surface area contributed by atoms with E-state index in [9.17, 15) is 4.79 Å². The second-order valence-corrected chi connectivity index (χ2v) is 8.05. The van der Waals surface area contributed by atoms with Crippen LogP contribution in [0.15, 0.2) is 48.5 Å². The van der Waals surface area contributed by atoms with Crippen molar-refractivity contribution in [2.24, 2.45) is 0 Å². The Morgan fingerprint density at radius 2 is 1.79 bits per heavy atom. The van der Waals surface area contributed by atoms with E-state index in [-0.39, 0.29) is 24.7 Å². The zero-order valence-corrected chi connectivity index (χ0v) is 17.4. The van der Waals surface area contributed by atoms with Gasteiger partial charge in [-0.05, 0) is 42.7 Å². The number of nitrogens with one attached hydrogen (secondary N) is 2. The summed E-state index contributed by atoms with van der Waals surface area (Å²) in [7, 11) is 0. The third-order valence-corrected chi connectivity index (χ3v) is 5.96. The quantitative estimate of drug-likeness (QED) is 0.787. The molecule has 0 spiro atoms. The molecule has 2 aliphatic rings. The predicted octanol–water partition coefficient (Wildman–Crippen LogP) is 2.74. The second-order valence-electron chi connectivity index (χ2n) is 7.62. The fraction of sp³-hybridized carbons (Fsp3) is 0.409. The number of halogens is 1. The van der Waals surface area contributed by atoms with Crippen molar-refractivity contribution < 1.29 is 9.53 Å². The van der Waals surface area contributed by atoms with Gasteiger partial charge >= 0.3 is 0 Å². The van der Waals surface area contributed by atoms with Crippen molar-refractivity contribution in [2.75, 3.05) is 32.8 Å². The number of carbonyl (C=O) groups is 1. The van der Waals surface area contributed by atoms with Gasteiger partial charge in [-0.15, -0.1) is 0 Å². The first-order chi connectivity index (χ1) is 14.1. The number of hydrogen-bond acceptors (Lipinski definition) is 5. The summed E-state index contributed by atoms with van der Waals surface area (Å²) in [6, 6.07) is 16.0. The highest BCUT2D eigenvalue weighted by Crippen LogP contribution is 2.25. The van der Waals surface area contributed by atoms with Gasteiger partial charge in [-0.2, -0.15) is 0 Å². The monoisotopic (exact) mass is 414 g/mol. The fourth-order valence-corrected chi connectivity index (χ4v) is 4.05. The van der Waals surface area contributed by atoms with Gasteiger partial charge in [0.1, 0.15) is 5.75 Å². The molecule has 29 heavy (non-hydrogen) atoms. The van der Waals surface area contributed by atoms with Crippen molar-refractivity contribution >= 4 is 17.5 Å². The summed E-state index contributed by atoms with van der Waals surface area (Å²) in [5, 5.41) is 0.753. The largest absolute Gasteiger partial charge is 0.484 e. The lowest BCUT2D eigenvalue weighted by Gasteiger charge is -2.37. The second kappa shape index (κ2) is 9.13. The first kappa shape index (κ1) is 20.2. The van der Waals surface area contributed by atoms with Crippen molar-refractivity contribution in [3.63, 3.8) is 0 Å². The lowest BCUT2D eigenvalue weighted by atomic mass is 10.0. The van der Waals surface area contributed by atoms with Gasteiger partial charge in [-0.3, -0.25) is 9.69 Å². The van der Waals surface area contributed by atoms with E-state index in [1.54, 1.807) is 0 Å². The normalized spacial score (nSPS) is 22.6. The Morgan fingerprint density at radius 3 is 2.52 bits per heavy atom. The van der Waals surface area contributed by atoms with Crippen LogP contribution >= 0.6 is 11.6 Å². The van der Waals surface area contributed by atoms with Crippen LogP contribution in [-0.2, 0) is 4.79 Å². The average molecular weight is 415 g/mol. The highest BCUT2D eigenvalue weighted by Gasteiger charge is 2.32. The van der Waals surface area contributed by atoms with E-state index in [0.29, 0.717) is 0 Å². The number of para-hydroxylation sites is 1. The molecule has 4 rings (SSSR count). The van der Waals surface area contributed by atoms with Crippen LogP contribution < -0.4 is 15.6 Å². The van der Waals surface area contributed by atoms with Crippen LogP contribution in [0.4, 0.5) is 0 Å². The molecule has 2 aliphatic heterocycles. The van der Waals surface area contributed by atoms with E-state index in [1.807, 2.05) is 48.2 Å². The van der Waals surface area contributed by atoms with Gasteiger partial charge in [0.15, 0.2) is 6.61 Å². The summed E-state index contributed by atoms with van der Waals surface area (Å²) in [4.78, 5) is 16.8. The molecule has 0 aromatic heterocycles. The van der Waals surface area contributed by atoms with E-state index < -0.39 is 0 Å². The molecule has 2 fully saturated rings. The standard InChI is InChI=1S/C22H27ClN4O2/c1-16-4-2-3-5-20(16)29-15-22(28)27-12-10-26(11-13-27)21-14-19(24-25-21)17-6-8-18(23)9-7-17/h2-9,19,21,24-25H,10-15H2,1H3. The maximum Gasteiger partial charge on any atom is 0.260 e. The summed E-state index contributed by atoms with van der Waals surface area (Å²) in [6.45, 7) is 5.22. The number of hydrogen-bond donors (Lipinski definition) is 2. The molecule has 7 heteroatoms. The van der Waals surface area contributed by atoms with E-state index in [1.165, 1.54) is 5.56 Å². The maximum absolute atomic E-state index is 12.5. The number of piperazine rings is 1. The first-order valence-corrected chi connectivity index (χ1v) is 10.4. The van der Waals surface area contributed by atoms with Crippen molar-refractivity contribution in [3.05, 3.63) is 64.7 Å². The number of carbonyl (C=O) groups excluding carboxylic acids is 1. The van der Waals surface area contributed by atoms with Crippen LogP contribution in [0.5, 0.6) is 5.75 Å². The number of aryl methyl sites for hydroxylation is 1. The third-order valence-electron chi connectivity index (χ3n) is 5.71. The lowest BCUT2D eigenvalue weighted by molar-refractivity contribution is -0.135. The molecule has 2 heterocycles. The Hall–Kier alpha value is -2.12. The summed E-state index contributed by atoms with van der Waals surface area (Å²) in [5.74, 6) is 0.818. The Kier molecular flexibility index (Phi) is 6.35. The van der Waals surface area contributed by atoms with Gasteiger partial charge < -0.3 is 9.64 Å². The minimum Gasteiger partial charge on any atom is -0.484 e. The maximum atomic E-state index is 12.5. The van der Waals surface area contributed by atoms with Gasteiger partial charge in [0.2, 0.25) is 0 Å². The molecule has 1 amide bonds. The molecule has 6 nitrogen and oxygen atoms in total. The minimum absolute atomic E-state index is 0.0458. The Balaban J connectivity index is 1.23. The van der Waals surface area contributed by atoms with E-state index in [4.69, 9.17) is 16.3 Å². The molecule has 0 saturated carbocycles. The molecule has 2 N–H and O–H groups in total. The SMILES string of the molecule is Cc1ccccc1OCC(=O)N1CCN(C2CC(c3ccc(Cl)cc3)NN2)CC1. The summed E-state index contributed by atoms with van der Waals surface area (Å²) in [5.41, 5.74) is 9.05. The van der Waals surface area contributed by atoms with Crippen molar-refractivity contribution in [1.29, 1.82) is 0 Å². The van der Waals surface area contributed by atoms with E-state index >= 15 is 0 Å². The zero-order valence-electron chi connectivity index (χ0n) is 16.6. The molecule has 154 valence electrons. The lowest BCUT2D eigenvalue weighted by Crippen LogP contribution is -2.55. The van der Waals surface area contributed by atoms with Crippen molar-refractivity contribution in [2.45, 2.75) is 25.6 Å². The van der Waals surface area contributed by atoms with Crippen LogP contribution in [0.25, 0.3) is 0 Å². The van der Waals surface area contributed by atoms with Crippen molar-refractivity contribution in [1.82, 2.24) is 20.7 Å². The minimum atomic E-state index is 0.0458. The van der Waals surface area contributed by atoms with Crippen molar-refractivity contribution in [3.8, 4) is 5.75 Å². The Bertz CT molecular complexity index is 837. The summed E-state index contributed by atoms with van der Waals surface area (Å²) in [6.07, 6.45) is 1.24. The zero-order chi connectivity index (χ0) is 20.2. The number of rotatable bonds is 5. The smallest absolute Gasteiger partial charge is 0.260 e. The van der Waals surface area contributed by atoms with Crippen LogP contribution in [0, 0.1) is 6.92 Å². The third kappa shape index (κ3) is 4.90. The van der Waals surface area contributed by atoms with Gasteiger partial charge in [-0.25, -0.2) is 10.9 Å². The van der Waals surface area contributed by atoms with Gasteiger partial charge in [0.05, 0.1) is 6.17 Å². The van der Waals surface area contributed by atoms with Crippen LogP contribution in [0.2, 0.25) is 5.02 Å². The molecule has 2 unspecified atom stereocenters. The molecular formula is C22H27ClN4O2. The number of ether oxygens (including phenoxy) is 1. The highest BCUT2D eigenvalue weighted by atomic mass is 35.5. The first-order valence-electron chi connectivity index (χ1n) is 10.1. The summed E-state index contributed by atoms with van der Waals surface area (Å²) >= 11 is 5.99. The van der Waals surface area contributed by atoms with Crippen LogP contribution in [0.3, 0.4) is 0 Å². The molecule has 2 saturated heterocycles. The molecular weight excluding hydrogens is 388 g/mol. The molecule has 2 aromatic carbocycles. The molecule has 0 radical (unpaired) electrons. The van der Waals surface area contributed by atoms with E-state index in [2.05, 4.69) is 27.9 Å². The van der Waals surface area contributed by atoms with Crippen LogP contribution in [0.1, 0.15) is 23.6 Å². The predicted molar refractivity (Wildman–Crippen MR) is 114 cm³/mol. The van der Waals surface area contributed by atoms with Gasteiger partial charge in [0, 0.05) is 37.2 Å². The number of hydrazine groups is 1. The molecule has 2 atom stereocenters. The molecule has 2 aromatic rings. The highest BCUT2D eigenvalue weighted by molar-refractivity contribution is 6.30. The molecule has 0 aliphatic carbocycles. The number of amides is 1. The summed E-state index contributed by atoms with van der Waals surface area (Å²) < 4.78 is 5.71. The molecule has 0 bridgehead atoms. The number of benzene rings is 2. The van der Waals surface area contributed by atoms with Gasteiger partial charge in [0.25, 0.3) is 5.91 Å². The topological polar surface area (TPSA) is 56.8 Å². The van der Waals surface area contributed by atoms with Crippen LogP contribution in [-0.4, -0.2) is 54.7 Å². The average Bonchev–Trinajstić information content (AvgIpc) is 3.24. The number of nitrogens with zero attached hydrogens (tertiary/aromatic N) is 2. The van der Waals surface area contributed by atoms with Gasteiger partial charge in [-0.1, -0.05) is 41.9 Å². The fourth-order valence-electron chi connectivity index (χ4n) is 3.92. The Morgan fingerprint density at radius 1 is 1.07 bits per heavy atom. The van der Waals surface area contributed by atoms with E-state index in [0.717, 1.165) is 48.9 Å².